The summed E-state index contributed by atoms with van der Waals surface area (Å²) in [5.41, 5.74) is 5.31. The number of carbonyl (C=O) groups is 2. The monoisotopic (exact) mass is 616 g/mol. The zero-order valence-electron chi connectivity index (χ0n) is 23.0. The molecule has 2 amide bonds. The number of anilines is 2. The molecule has 2 aromatic rings. The molecule has 0 bridgehead atoms. The van der Waals surface area contributed by atoms with E-state index in [1.54, 1.807) is 11.0 Å². The van der Waals surface area contributed by atoms with Crippen molar-refractivity contribution in [3.8, 4) is 0 Å². The highest BCUT2D eigenvalue weighted by atomic mass is 79.9. The summed E-state index contributed by atoms with van der Waals surface area (Å²) >= 11 is 3.48. The van der Waals surface area contributed by atoms with Crippen LogP contribution in [0.3, 0.4) is 0 Å². The minimum absolute atomic E-state index is 0.0132. The van der Waals surface area contributed by atoms with Gasteiger partial charge in [0.25, 0.3) is 0 Å². The summed E-state index contributed by atoms with van der Waals surface area (Å²) in [7, 11) is -3.85. The number of aryl methyl sites for hydroxylation is 2. The molecule has 0 spiro atoms. The van der Waals surface area contributed by atoms with Gasteiger partial charge in [-0.15, -0.1) is 0 Å². The van der Waals surface area contributed by atoms with Crippen LogP contribution in [0.1, 0.15) is 42.9 Å². The Hall–Kier alpha value is -2.43. The highest BCUT2D eigenvalue weighted by Crippen LogP contribution is 2.38. The first-order valence-electron chi connectivity index (χ1n) is 13.8. The predicted molar refractivity (Wildman–Crippen MR) is 157 cm³/mol. The number of halogens is 1. The average Bonchev–Trinajstić information content (AvgIpc) is 3.36. The molecule has 0 radical (unpaired) electrons. The molecule has 2 fully saturated rings. The Bertz CT molecular complexity index is 1390. The van der Waals surface area contributed by atoms with Gasteiger partial charge in [0.2, 0.25) is 21.8 Å². The fourth-order valence-electron chi connectivity index (χ4n) is 6.02. The third-order valence-corrected chi connectivity index (χ3v) is 11.1. The average molecular weight is 618 g/mol. The molecule has 0 saturated carbocycles. The van der Waals surface area contributed by atoms with Gasteiger partial charge in [-0.3, -0.25) is 9.59 Å². The number of hydrogen-bond acceptors (Lipinski definition) is 5. The van der Waals surface area contributed by atoms with Gasteiger partial charge in [-0.2, -0.15) is 4.31 Å². The second-order valence-corrected chi connectivity index (χ2v) is 13.6. The summed E-state index contributed by atoms with van der Waals surface area (Å²) in [6, 6.07) is 9.91. The summed E-state index contributed by atoms with van der Waals surface area (Å²) < 4.78 is 29.6. The number of piperazine rings is 1. The molecule has 0 N–H and O–H groups in total. The summed E-state index contributed by atoms with van der Waals surface area (Å²) in [6.07, 6.45) is 2.40. The van der Waals surface area contributed by atoms with Gasteiger partial charge in [0.1, 0.15) is 0 Å². The second kappa shape index (κ2) is 11.2. The van der Waals surface area contributed by atoms with Crippen LogP contribution in [-0.2, 0) is 26.0 Å². The first kappa shape index (κ1) is 28.1. The number of fused-ring (bicyclic) bond motifs is 1. The summed E-state index contributed by atoms with van der Waals surface area (Å²) in [4.78, 5) is 32.0. The molecule has 5 rings (SSSR count). The fraction of sp³-hybridized carbons (Fsp3) is 0.517. The van der Waals surface area contributed by atoms with Gasteiger partial charge in [-0.1, -0.05) is 19.1 Å². The van der Waals surface area contributed by atoms with Crippen molar-refractivity contribution in [1.29, 1.82) is 0 Å². The van der Waals surface area contributed by atoms with E-state index in [4.69, 9.17) is 0 Å². The first-order valence-corrected chi connectivity index (χ1v) is 16.1. The van der Waals surface area contributed by atoms with Crippen molar-refractivity contribution >= 4 is 49.1 Å². The maximum Gasteiger partial charge on any atom is 0.244 e. The van der Waals surface area contributed by atoms with Crippen LogP contribution in [0.4, 0.5) is 11.4 Å². The molecule has 210 valence electrons. The summed E-state index contributed by atoms with van der Waals surface area (Å²) in [5, 5.41) is 0. The third kappa shape index (κ3) is 5.47. The van der Waals surface area contributed by atoms with Crippen LogP contribution in [0, 0.1) is 19.8 Å². The molecule has 2 aromatic carbocycles. The lowest BCUT2D eigenvalue weighted by molar-refractivity contribution is -0.137. The van der Waals surface area contributed by atoms with Gasteiger partial charge in [0.05, 0.1) is 10.8 Å². The molecule has 0 unspecified atom stereocenters. The van der Waals surface area contributed by atoms with E-state index in [-0.39, 0.29) is 29.2 Å². The largest absolute Gasteiger partial charge is 0.368 e. The number of hydrogen-bond donors (Lipinski definition) is 0. The molecule has 0 aliphatic carbocycles. The van der Waals surface area contributed by atoms with Crippen LogP contribution >= 0.6 is 15.9 Å². The number of rotatable bonds is 5. The summed E-state index contributed by atoms with van der Waals surface area (Å²) in [6.45, 7) is 9.93. The van der Waals surface area contributed by atoms with E-state index in [0.717, 1.165) is 18.7 Å². The van der Waals surface area contributed by atoms with E-state index >= 15 is 0 Å². The Balaban J connectivity index is 1.28. The number of nitrogens with zero attached hydrogens (tertiary/aromatic N) is 4. The second-order valence-electron chi connectivity index (χ2n) is 10.9. The lowest BCUT2D eigenvalue weighted by Gasteiger charge is -2.40. The van der Waals surface area contributed by atoms with Crippen LogP contribution in [0.5, 0.6) is 0 Å². The van der Waals surface area contributed by atoms with E-state index in [0.29, 0.717) is 62.0 Å². The fourth-order valence-corrected chi connectivity index (χ4v) is 8.62. The SMILES string of the molecule is CCC(=O)N1CCc2cc(Br)c(S(=O)(=O)N3CCC[C@H](C(=O)N4CCN(c5cc(C)ccc5C)CC4)C3)cc21. The van der Waals surface area contributed by atoms with Crippen LogP contribution in [0.2, 0.25) is 0 Å². The van der Waals surface area contributed by atoms with E-state index in [1.807, 2.05) is 17.9 Å². The Morgan fingerprint density at radius 1 is 0.974 bits per heavy atom. The highest BCUT2D eigenvalue weighted by molar-refractivity contribution is 9.10. The minimum atomic E-state index is -3.85. The van der Waals surface area contributed by atoms with Crippen molar-refractivity contribution in [3.63, 3.8) is 0 Å². The van der Waals surface area contributed by atoms with Gasteiger partial charge in [-0.25, -0.2) is 8.42 Å². The molecule has 10 heteroatoms. The van der Waals surface area contributed by atoms with Crippen LogP contribution in [-0.4, -0.2) is 75.3 Å². The van der Waals surface area contributed by atoms with E-state index in [9.17, 15) is 18.0 Å². The highest BCUT2D eigenvalue weighted by Gasteiger charge is 2.38. The number of benzene rings is 2. The quantitative estimate of drug-likeness (QED) is 0.505. The van der Waals surface area contributed by atoms with Crippen molar-refractivity contribution in [1.82, 2.24) is 9.21 Å². The van der Waals surface area contributed by atoms with E-state index in [1.165, 1.54) is 21.1 Å². The Kier molecular flexibility index (Phi) is 8.08. The van der Waals surface area contributed by atoms with Crippen LogP contribution in [0.25, 0.3) is 0 Å². The first-order chi connectivity index (χ1) is 18.6. The van der Waals surface area contributed by atoms with Gasteiger partial charge in [0.15, 0.2) is 0 Å². The molecule has 39 heavy (non-hydrogen) atoms. The standard InChI is InChI=1S/C29H37BrN4O4S/c1-4-28(35)34-11-9-22-17-24(30)27(18-26(22)34)39(37,38)33-10-5-6-23(19-33)29(36)32-14-12-31(13-15-32)25-16-20(2)7-8-21(25)3/h7-8,16-18,23H,4-6,9-15,19H2,1-3H3/t23-/m0/s1. The number of carbonyl (C=O) groups excluding carboxylic acids is 2. The van der Waals surface area contributed by atoms with Gasteiger partial charge in [0, 0.05) is 68.1 Å². The lowest BCUT2D eigenvalue weighted by atomic mass is 9.97. The zero-order valence-corrected chi connectivity index (χ0v) is 25.4. The predicted octanol–water partition coefficient (Wildman–Crippen LogP) is 4.11. The minimum Gasteiger partial charge on any atom is -0.368 e. The van der Waals surface area contributed by atoms with Gasteiger partial charge in [-0.05, 0) is 83.9 Å². The number of amides is 2. The van der Waals surface area contributed by atoms with Crippen LogP contribution < -0.4 is 9.80 Å². The topological polar surface area (TPSA) is 81.2 Å². The molecule has 3 aliphatic rings. The molecule has 3 heterocycles. The normalized spacial score (nSPS) is 20.3. The Morgan fingerprint density at radius 3 is 2.44 bits per heavy atom. The molecule has 8 nitrogen and oxygen atoms in total. The van der Waals surface area contributed by atoms with Crippen molar-refractivity contribution in [3.05, 3.63) is 51.5 Å². The molecule has 1 atom stereocenters. The van der Waals surface area contributed by atoms with Crippen molar-refractivity contribution in [2.45, 2.75) is 51.3 Å². The maximum absolute atomic E-state index is 13.8. The van der Waals surface area contributed by atoms with E-state index < -0.39 is 10.0 Å². The molecule has 2 saturated heterocycles. The van der Waals surface area contributed by atoms with Gasteiger partial charge >= 0.3 is 0 Å². The number of piperidine rings is 1. The Morgan fingerprint density at radius 2 is 1.72 bits per heavy atom. The molecular weight excluding hydrogens is 580 g/mol. The third-order valence-electron chi connectivity index (χ3n) is 8.28. The smallest absolute Gasteiger partial charge is 0.244 e. The number of sulfonamides is 1. The van der Waals surface area contributed by atoms with Crippen molar-refractivity contribution in [2.75, 3.05) is 55.6 Å². The Labute approximate surface area is 240 Å². The van der Waals surface area contributed by atoms with E-state index in [2.05, 4.69) is 52.9 Å². The van der Waals surface area contributed by atoms with Crippen molar-refractivity contribution in [2.24, 2.45) is 5.92 Å². The van der Waals surface area contributed by atoms with Gasteiger partial charge < -0.3 is 14.7 Å². The molecule has 0 aromatic heterocycles. The van der Waals surface area contributed by atoms with Crippen LogP contribution in [0.15, 0.2) is 39.7 Å². The van der Waals surface area contributed by atoms with Crippen molar-refractivity contribution < 1.29 is 18.0 Å². The molecular formula is C29H37BrN4O4S. The lowest BCUT2D eigenvalue weighted by Crippen LogP contribution is -2.53. The summed E-state index contributed by atoms with van der Waals surface area (Å²) in [5.74, 6) is -0.323. The maximum atomic E-state index is 13.8. The zero-order chi connectivity index (χ0) is 27.9. The molecule has 3 aliphatic heterocycles.